The highest BCUT2D eigenvalue weighted by Crippen LogP contribution is 2.67. The quantitative estimate of drug-likeness (QED) is 0.184. The number of hydrogen-bond donors (Lipinski definition) is 0. The van der Waals surface area contributed by atoms with Gasteiger partial charge in [-0.05, 0) is 35.6 Å². The molecule has 2 aromatic carbocycles. The van der Waals surface area contributed by atoms with Crippen LogP contribution in [0.5, 0.6) is 0 Å². The molecule has 1 atom stereocenters. The lowest BCUT2D eigenvalue weighted by atomic mass is 10.0. The molecule has 0 amide bonds. The first-order valence-corrected chi connectivity index (χ1v) is 13.6. The van der Waals surface area contributed by atoms with E-state index in [1.807, 2.05) is 6.92 Å². The summed E-state index contributed by atoms with van der Waals surface area (Å²) in [5.41, 5.74) is -4.09. The maximum atomic E-state index is 15.4. The molecular weight excluding hydrogens is 465 g/mol. The topological polar surface area (TPSA) is 69.7 Å². The van der Waals surface area contributed by atoms with E-state index in [-0.39, 0.29) is 24.1 Å². The highest BCUT2D eigenvalue weighted by atomic mass is 32.2. The molecular formula is C21H25F2O5PS2. The molecule has 0 aliphatic rings. The van der Waals surface area contributed by atoms with Crippen molar-refractivity contribution in [2.75, 3.05) is 31.0 Å². The number of halogens is 2. The van der Waals surface area contributed by atoms with Crippen LogP contribution in [0.4, 0.5) is 8.78 Å². The molecule has 0 bridgehead atoms. The van der Waals surface area contributed by atoms with Gasteiger partial charge in [0, 0.05) is 29.1 Å². The van der Waals surface area contributed by atoms with E-state index in [0.717, 1.165) is 11.8 Å². The zero-order valence-corrected chi connectivity index (χ0v) is 19.9. The van der Waals surface area contributed by atoms with Gasteiger partial charge in [0.05, 0.1) is 13.2 Å². The second kappa shape index (κ2) is 12.1. The van der Waals surface area contributed by atoms with Crippen molar-refractivity contribution in [2.45, 2.75) is 25.4 Å². The normalized spacial score (nSPS) is 13.8. The van der Waals surface area contributed by atoms with Crippen LogP contribution in [0.2, 0.25) is 0 Å². The predicted molar refractivity (Wildman–Crippen MR) is 123 cm³/mol. The van der Waals surface area contributed by atoms with Gasteiger partial charge in [-0.2, -0.15) is 20.5 Å². The molecule has 0 saturated heterocycles. The third-order valence-electron chi connectivity index (χ3n) is 4.30. The van der Waals surface area contributed by atoms with E-state index in [2.05, 4.69) is 0 Å². The van der Waals surface area contributed by atoms with Crippen molar-refractivity contribution in [2.24, 2.45) is 0 Å². The molecule has 0 aliphatic heterocycles. The van der Waals surface area contributed by atoms with E-state index in [9.17, 15) is 14.2 Å². The van der Waals surface area contributed by atoms with Gasteiger partial charge >= 0.3 is 13.3 Å². The number of benzene rings is 2. The predicted octanol–water partition coefficient (Wildman–Crippen LogP) is 6.35. The Kier molecular flexibility index (Phi) is 10.2. The van der Waals surface area contributed by atoms with Crippen LogP contribution in [0, 0.1) is 0 Å². The van der Waals surface area contributed by atoms with E-state index >= 15 is 8.78 Å². The van der Waals surface area contributed by atoms with Crippen molar-refractivity contribution in [1.29, 1.82) is 0 Å². The molecule has 0 aromatic heterocycles. The van der Waals surface area contributed by atoms with Gasteiger partial charge in [0.1, 0.15) is 6.29 Å². The van der Waals surface area contributed by atoms with Crippen LogP contribution >= 0.6 is 31.1 Å². The lowest BCUT2D eigenvalue weighted by Crippen LogP contribution is -2.20. The highest BCUT2D eigenvalue weighted by Gasteiger charge is 2.55. The maximum absolute atomic E-state index is 15.4. The van der Waals surface area contributed by atoms with Crippen molar-refractivity contribution >= 4 is 53.3 Å². The van der Waals surface area contributed by atoms with Gasteiger partial charge in [-0.1, -0.05) is 43.0 Å². The Labute approximate surface area is 189 Å². The summed E-state index contributed by atoms with van der Waals surface area (Å²) in [6.45, 7) is 1.39. The molecule has 0 aliphatic carbocycles. The second-order valence-corrected chi connectivity index (χ2v) is 10.8. The number of alkyl halides is 2. The fraction of sp³-hybridized carbons (Fsp3) is 0.429. The number of carbonyl (C=O) groups excluding carboxylic acids is 2. The summed E-state index contributed by atoms with van der Waals surface area (Å²) in [4.78, 5) is 22.6. The number of aldehydes is 1. The summed E-state index contributed by atoms with van der Waals surface area (Å²) in [7, 11) is -4.89. The van der Waals surface area contributed by atoms with Crippen LogP contribution in [0.3, 0.4) is 0 Å². The zero-order chi connectivity index (χ0) is 22.9. The molecule has 10 heteroatoms. The molecule has 31 heavy (non-hydrogen) atoms. The van der Waals surface area contributed by atoms with E-state index in [4.69, 9.17) is 9.05 Å². The van der Waals surface area contributed by atoms with Crippen LogP contribution in [-0.4, -0.2) is 42.4 Å². The minimum absolute atomic E-state index is 0.0727. The van der Waals surface area contributed by atoms with Gasteiger partial charge in [0.15, 0.2) is 5.12 Å². The van der Waals surface area contributed by atoms with E-state index in [0.29, 0.717) is 41.2 Å². The average molecular weight is 491 g/mol. The molecule has 0 spiro atoms. The van der Waals surface area contributed by atoms with Crippen LogP contribution in [-0.2, 0) is 24.1 Å². The Morgan fingerprint density at radius 3 is 2.42 bits per heavy atom. The minimum atomic E-state index is -4.89. The van der Waals surface area contributed by atoms with E-state index < -0.39 is 18.8 Å². The van der Waals surface area contributed by atoms with Gasteiger partial charge in [0.2, 0.25) is 0 Å². The Morgan fingerprint density at radius 2 is 1.77 bits per heavy atom. The van der Waals surface area contributed by atoms with Crippen LogP contribution in [0.25, 0.3) is 10.8 Å². The molecule has 0 radical (unpaired) electrons. The summed E-state index contributed by atoms with van der Waals surface area (Å²) in [6.07, 6.45) is 3.47. The fourth-order valence-corrected chi connectivity index (χ4v) is 5.47. The van der Waals surface area contributed by atoms with Crippen molar-refractivity contribution in [3.63, 3.8) is 0 Å². The Hall–Kier alpha value is -1.25. The third-order valence-corrected chi connectivity index (χ3v) is 7.76. The van der Waals surface area contributed by atoms with Crippen molar-refractivity contribution in [3.8, 4) is 0 Å². The monoisotopic (exact) mass is 490 g/mol. The number of thioether (sulfide) groups is 2. The zero-order valence-electron chi connectivity index (χ0n) is 17.3. The van der Waals surface area contributed by atoms with Gasteiger partial charge in [-0.3, -0.25) is 14.2 Å². The molecule has 0 saturated carbocycles. The van der Waals surface area contributed by atoms with Crippen molar-refractivity contribution in [3.05, 3.63) is 47.5 Å². The van der Waals surface area contributed by atoms with Crippen LogP contribution in [0.1, 0.15) is 35.7 Å². The minimum Gasteiger partial charge on any atom is -0.303 e. The first-order chi connectivity index (χ1) is 14.8. The largest absolute Gasteiger partial charge is 0.404 e. The molecule has 170 valence electrons. The number of carbonyl (C=O) groups is 2. The Bertz CT molecular complexity index is 955. The summed E-state index contributed by atoms with van der Waals surface area (Å²) in [6, 6.07) is 8.56. The van der Waals surface area contributed by atoms with E-state index in [1.165, 1.54) is 36.0 Å². The van der Waals surface area contributed by atoms with Crippen LogP contribution in [0.15, 0.2) is 36.4 Å². The molecule has 0 fully saturated rings. The van der Waals surface area contributed by atoms with Crippen molar-refractivity contribution in [1.82, 2.24) is 0 Å². The Morgan fingerprint density at radius 1 is 1.10 bits per heavy atom. The molecule has 2 aromatic rings. The highest BCUT2D eigenvalue weighted by molar-refractivity contribution is 8.13. The van der Waals surface area contributed by atoms with Gasteiger partial charge in [0.25, 0.3) is 0 Å². The van der Waals surface area contributed by atoms with Gasteiger partial charge in [-0.25, -0.2) is 0 Å². The lowest BCUT2D eigenvalue weighted by Gasteiger charge is -2.27. The maximum Gasteiger partial charge on any atom is 0.404 e. The second-order valence-electron chi connectivity index (χ2n) is 6.61. The molecule has 0 N–H and O–H groups in total. The summed E-state index contributed by atoms with van der Waals surface area (Å²) >= 11 is 2.32. The van der Waals surface area contributed by atoms with Gasteiger partial charge in [-0.15, -0.1) is 0 Å². The molecule has 2 rings (SSSR count). The van der Waals surface area contributed by atoms with Crippen molar-refractivity contribution < 1.29 is 32.0 Å². The third kappa shape index (κ3) is 6.86. The van der Waals surface area contributed by atoms with Crippen LogP contribution < -0.4 is 0 Å². The standard InChI is InChI=1S/C21H25F2O5PS2/c1-3-4-20(25)31-12-10-28-29(26,27-9-11-30-2)21(22,23)19-8-7-17-6-5-16(15-24)13-18(17)14-19/h5-8,13-15H,3-4,9-12H2,1-2H3. The first-order valence-electron chi connectivity index (χ1n) is 9.68. The fourth-order valence-electron chi connectivity index (χ4n) is 2.71. The lowest BCUT2D eigenvalue weighted by molar-refractivity contribution is -0.111. The first kappa shape index (κ1) is 26.0. The number of fused-ring (bicyclic) bond motifs is 1. The average Bonchev–Trinajstić information content (AvgIpc) is 2.76. The van der Waals surface area contributed by atoms with E-state index in [1.54, 1.807) is 18.4 Å². The summed E-state index contributed by atoms with van der Waals surface area (Å²) in [5.74, 6) is 0.471. The molecule has 1 unspecified atom stereocenters. The Balaban J connectivity index is 2.27. The molecule has 5 nitrogen and oxygen atoms in total. The summed E-state index contributed by atoms with van der Waals surface area (Å²) in [5, 5.41) is 1.00. The van der Waals surface area contributed by atoms with Gasteiger partial charge < -0.3 is 9.05 Å². The molecule has 0 heterocycles. The number of hydrogen-bond acceptors (Lipinski definition) is 7. The number of rotatable bonds is 13. The SMILES string of the molecule is CCCC(=O)SCCOP(=O)(OCCSC)C(F)(F)c1ccc2ccc(C=O)cc2c1. The smallest absolute Gasteiger partial charge is 0.303 e. The summed E-state index contributed by atoms with van der Waals surface area (Å²) < 4.78 is 54.2.